The van der Waals surface area contributed by atoms with Gasteiger partial charge in [-0.3, -0.25) is 0 Å². The lowest BCUT2D eigenvalue weighted by molar-refractivity contribution is 0.125. The average Bonchev–Trinajstić information content (AvgIpc) is 2.49. The average molecular weight is 327 g/mol. The first kappa shape index (κ1) is 19.1. The van der Waals surface area contributed by atoms with Crippen molar-refractivity contribution in [1.29, 1.82) is 0 Å². The summed E-state index contributed by atoms with van der Waals surface area (Å²) in [5.74, 6) is 0. The van der Waals surface area contributed by atoms with E-state index in [1.807, 2.05) is 26.0 Å². The van der Waals surface area contributed by atoms with Crippen molar-refractivity contribution in [1.82, 2.24) is 4.72 Å². The van der Waals surface area contributed by atoms with E-state index in [0.29, 0.717) is 18.1 Å². The summed E-state index contributed by atoms with van der Waals surface area (Å²) < 4.78 is 33.1. The molecule has 0 saturated carbocycles. The van der Waals surface area contributed by atoms with Gasteiger partial charge < -0.3 is 4.74 Å². The van der Waals surface area contributed by atoms with E-state index in [1.54, 1.807) is 12.1 Å². The lowest BCUT2D eigenvalue weighted by atomic mass is 10.1. The SMILES string of the molecule is CCCCCC[C@@H](COCC)NS(=O)(=O)c1ccc(C)cc1. The van der Waals surface area contributed by atoms with Crippen molar-refractivity contribution in [2.75, 3.05) is 13.2 Å². The first-order chi connectivity index (χ1) is 10.5. The van der Waals surface area contributed by atoms with Crippen LogP contribution < -0.4 is 4.72 Å². The standard InChI is InChI=1S/C17H29NO3S/c1-4-6-7-8-9-16(14-21-5-2)18-22(19,20)17-12-10-15(3)11-13-17/h10-13,16,18H,4-9,14H2,1-3H3/t16-/m0/s1. The Kier molecular flexibility index (Phi) is 8.68. The van der Waals surface area contributed by atoms with Crippen LogP contribution in [0.15, 0.2) is 29.2 Å². The molecule has 0 bridgehead atoms. The van der Waals surface area contributed by atoms with Crippen LogP contribution in [0.2, 0.25) is 0 Å². The van der Waals surface area contributed by atoms with E-state index in [2.05, 4.69) is 11.6 Å². The molecule has 0 heterocycles. The molecule has 1 rings (SSSR count). The fourth-order valence-corrected chi connectivity index (χ4v) is 3.51. The summed E-state index contributed by atoms with van der Waals surface area (Å²) in [6, 6.07) is 6.75. The molecule has 126 valence electrons. The molecule has 1 aromatic carbocycles. The predicted octanol–water partition coefficient (Wildman–Crippen LogP) is 3.65. The lowest BCUT2D eigenvalue weighted by Gasteiger charge is -2.18. The minimum atomic E-state index is -3.48. The molecule has 0 aliphatic rings. The quantitative estimate of drug-likeness (QED) is 0.631. The van der Waals surface area contributed by atoms with Gasteiger partial charge in [0.1, 0.15) is 0 Å². The second-order valence-electron chi connectivity index (χ2n) is 5.64. The normalized spacial score (nSPS) is 13.2. The Morgan fingerprint density at radius 2 is 1.77 bits per heavy atom. The Hall–Kier alpha value is -0.910. The third-order valence-corrected chi connectivity index (χ3v) is 5.12. The number of benzene rings is 1. The summed E-state index contributed by atoms with van der Waals surface area (Å²) >= 11 is 0. The van der Waals surface area contributed by atoms with Crippen molar-refractivity contribution in [3.8, 4) is 0 Å². The zero-order valence-electron chi connectivity index (χ0n) is 14.0. The number of hydrogen-bond donors (Lipinski definition) is 1. The van der Waals surface area contributed by atoms with E-state index in [9.17, 15) is 8.42 Å². The minimum absolute atomic E-state index is 0.164. The number of unbranched alkanes of at least 4 members (excludes halogenated alkanes) is 3. The Morgan fingerprint density at radius 1 is 1.09 bits per heavy atom. The summed E-state index contributed by atoms with van der Waals surface area (Å²) in [5.41, 5.74) is 1.05. The highest BCUT2D eigenvalue weighted by Crippen LogP contribution is 2.13. The number of aryl methyl sites for hydroxylation is 1. The maximum absolute atomic E-state index is 12.4. The van der Waals surface area contributed by atoms with E-state index < -0.39 is 10.0 Å². The molecule has 0 saturated heterocycles. The Labute approximate surface area is 135 Å². The zero-order chi connectivity index (χ0) is 16.4. The van der Waals surface area contributed by atoms with Crippen LogP contribution in [0.1, 0.15) is 51.5 Å². The van der Waals surface area contributed by atoms with Crippen LogP contribution in [0.5, 0.6) is 0 Å². The van der Waals surface area contributed by atoms with E-state index in [1.165, 1.54) is 12.8 Å². The molecule has 0 radical (unpaired) electrons. The molecule has 4 nitrogen and oxygen atoms in total. The van der Waals surface area contributed by atoms with Gasteiger partial charge in [0.2, 0.25) is 10.0 Å². The Morgan fingerprint density at radius 3 is 2.36 bits per heavy atom. The van der Waals surface area contributed by atoms with Crippen molar-refractivity contribution in [3.63, 3.8) is 0 Å². The third-order valence-electron chi connectivity index (χ3n) is 3.58. The number of ether oxygens (including phenoxy) is 1. The molecule has 0 spiro atoms. The highest BCUT2D eigenvalue weighted by Gasteiger charge is 2.19. The van der Waals surface area contributed by atoms with Crippen molar-refractivity contribution < 1.29 is 13.2 Å². The summed E-state index contributed by atoms with van der Waals surface area (Å²) in [6.45, 7) is 7.04. The van der Waals surface area contributed by atoms with E-state index in [0.717, 1.165) is 24.8 Å². The molecule has 1 atom stereocenters. The second kappa shape index (κ2) is 9.98. The molecular formula is C17H29NO3S. The predicted molar refractivity (Wildman–Crippen MR) is 90.5 cm³/mol. The minimum Gasteiger partial charge on any atom is -0.380 e. The van der Waals surface area contributed by atoms with Crippen LogP contribution in [-0.4, -0.2) is 27.7 Å². The molecule has 0 unspecified atom stereocenters. The molecule has 0 aliphatic carbocycles. The van der Waals surface area contributed by atoms with Crippen LogP contribution in [0.3, 0.4) is 0 Å². The van der Waals surface area contributed by atoms with Gasteiger partial charge in [-0.1, -0.05) is 50.3 Å². The van der Waals surface area contributed by atoms with Crippen LogP contribution in [0, 0.1) is 6.92 Å². The highest BCUT2D eigenvalue weighted by atomic mass is 32.2. The highest BCUT2D eigenvalue weighted by molar-refractivity contribution is 7.89. The van der Waals surface area contributed by atoms with Crippen molar-refractivity contribution in [2.24, 2.45) is 0 Å². The maximum Gasteiger partial charge on any atom is 0.240 e. The van der Waals surface area contributed by atoms with Gasteiger partial charge in [0.15, 0.2) is 0 Å². The molecule has 0 aromatic heterocycles. The van der Waals surface area contributed by atoms with Crippen molar-refractivity contribution >= 4 is 10.0 Å². The fourth-order valence-electron chi connectivity index (χ4n) is 2.26. The summed E-state index contributed by atoms with van der Waals surface area (Å²) in [7, 11) is -3.48. The van der Waals surface area contributed by atoms with Gasteiger partial charge >= 0.3 is 0 Å². The maximum atomic E-state index is 12.4. The van der Waals surface area contributed by atoms with Crippen LogP contribution in [0.25, 0.3) is 0 Å². The van der Waals surface area contributed by atoms with Crippen molar-refractivity contribution in [2.45, 2.75) is 63.8 Å². The summed E-state index contributed by atoms with van der Waals surface area (Å²) in [4.78, 5) is 0.313. The Balaban J connectivity index is 2.67. The number of rotatable bonds is 11. The summed E-state index contributed by atoms with van der Waals surface area (Å²) in [5, 5.41) is 0. The Bertz CT molecular complexity index is 511. The van der Waals surface area contributed by atoms with Crippen molar-refractivity contribution in [3.05, 3.63) is 29.8 Å². The molecule has 22 heavy (non-hydrogen) atoms. The van der Waals surface area contributed by atoms with Gasteiger partial charge in [0.25, 0.3) is 0 Å². The number of nitrogens with one attached hydrogen (secondary N) is 1. The topological polar surface area (TPSA) is 55.4 Å². The smallest absolute Gasteiger partial charge is 0.240 e. The molecule has 0 aliphatic heterocycles. The molecule has 1 N–H and O–H groups in total. The molecular weight excluding hydrogens is 298 g/mol. The first-order valence-electron chi connectivity index (χ1n) is 8.16. The summed E-state index contributed by atoms with van der Waals surface area (Å²) in [6.07, 6.45) is 5.32. The van der Waals surface area contributed by atoms with Crippen LogP contribution in [0.4, 0.5) is 0 Å². The van der Waals surface area contributed by atoms with Gasteiger partial charge in [-0.25, -0.2) is 13.1 Å². The van der Waals surface area contributed by atoms with E-state index in [4.69, 9.17) is 4.74 Å². The number of sulfonamides is 1. The van der Waals surface area contributed by atoms with E-state index >= 15 is 0 Å². The third kappa shape index (κ3) is 6.90. The zero-order valence-corrected chi connectivity index (χ0v) is 14.8. The fraction of sp³-hybridized carbons (Fsp3) is 0.647. The van der Waals surface area contributed by atoms with Crippen LogP contribution in [-0.2, 0) is 14.8 Å². The van der Waals surface area contributed by atoms with Gasteiger partial charge in [0, 0.05) is 12.6 Å². The van der Waals surface area contributed by atoms with Gasteiger partial charge in [-0.2, -0.15) is 0 Å². The number of hydrogen-bond acceptors (Lipinski definition) is 3. The lowest BCUT2D eigenvalue weighted by Crippen LogP contribution is -2.38. The molecule has 0 amide bonds. The second-order valence-corrected chi connectivity index (χ2v) is 7.35. The van der Waals surface area contributed by atoms with Gasteiger partial charge in [0.05, 0.1) is 11.5 Å². The van der Waals surface area contributed by atoms with Gasteiger partial charge in [-0.05, 0) is 32.4 Å². The first-order valence-corrected chi connectivity index (χ1v) is 9.64. The molecule has 1 aromatic rings. The molecule has 5 heteroatoms. The largest absolute Gasteiger partial charge is 0.380 e. The van der Waals surface area contributed by atoms with Gasteiger partial charge in [-0.15, -0.1) is 0 Å². The monoisotopic (exact) mass is 327 g/mol. The molecule has 0 fully saturated rings. The van der Waals surface area contributed by atoms with Crippen LogP contribution >= 0.6 is 0 Å². The van der Waals surface area contributed by atoms with E-state index in [-0.39, 0.29) is 6.04 Å².